The Morgan fingerprint density at radius 1 is 0.767 bits per heavy atom. The molecule has 3 nitrogen and oxygen atoms in total. The van der Waals surface area contributed by atoms with Crippen LogP contribution in [0, 0.1) is 11.8 Å². The van der Waals surface area contributed by atoms with Crippen molar-refractivity contribution in [1.82, 2.24) is 4.90 Å². The topological polar surface area (TPSA) is 37.4 Å². The summed E-state index contributed by atoms with van der Waals surface area (Å²) in [6.07, 6.45) is 0.799. The molecule has 3 heteroatoms. The predicted octanol–water partition coefficient (Wildman–Crippen LogP) is 4.64. The minimum absolute atomic E-state index is 0.00953. The molecule has 0 aromatic heterocycles. The van der Waals surface area contributed by atoms with Gasteiger partial charge in [0.05, 0.1) is 18.4 Å². The molecule has 2 atom stereocenters. The van der Waals surface area contributed by atoms with E-state index in [9.17, 15) is 9.59 Å². The Hall–Kier alpha value is -3.20. The lowest BCUT2D eigenvalue weighted by Gasteiger charge is -2.54. The van der Waals surface area contributed by atoms with Crippen LogP contribution in [0.1, 0.15) is 47.1 Å². The molecule has 1 fully saturated rings. The van der Waals surface area contributed by atoms with Gasteiger partial charge in [-0.3, -0.25) is 14.5 Å². The molecule has 3 aliphatic carbocycles. The summed E-state index contributed by atoms with van der Waals surface area (Å²) in [5.41, 5.74) is 5.47. The van der Waals surface area contributed by atoms with E-state index < -0.39 is 5.41 Å². The van der Waals surface area contributed by atoms with Gasteiger partial charge < -0.3 is 0 Å². The molecule has 30 heavy (non-hydrogen) atoms. The monoisotopic (exact) mass is 393 g/mol. The van der Waals surface area contributed by atoms with E-state index in [1.165, 1.54) is 27.2 Å². The van der Waals surface area contributed by atoms with E-state index in [2.05, 4.69) is 55.5 Å². The Balaban J connectivity index is 1.57. The minimum atomic E-state index is -0.440. The van der Waals surface area contributed by atoms with Gasteiger partial charge in [0, 0.05) is 11.3 Å². The average Bonchev–Trinajstić information content (AvgIpc) is 3.05. The predicted molar refractivity (Wildman–Crippen MR) is 115 cm³/mol. The summed E-state index contributed by atoms with van der Waals surface area (Å²) in [5, 5.41) is 0. The summed E-state index contributed by atoms with van der Waals surface area (Å²) >= 11 is 0. The standard InChI is InChI=1S/C27H23NO2/c1-2-27-20-14-8-6-12-18(20)22(19-13-7-9-15-21(19)27)23-24(27)26(30)28(25(23)29)16-17-10-4-3-5-11-17/h3-15,22-24H,2,16H2,1H3. The van der Waals surface area contributed by atoms with Gasteiger partial charge in [0.25, 0.3) is 0 Å². The molecule has 148 valence electrons. The number of carbonyl (C=O) groups excluding carboxylic acids is 2. The molecule has 3 aromatic carbocycles. The number of nitrogens with zero attached hydrogens (tertiary/aromatic N) is 1. The van der Waals surface area contributed by atoms with Gasteiger partial charge in [0.1, 0.15) is 0 Å². The SMILES string of the molecule is CCC12c3ccccc3C(c3ccccc31)C1C(=O)N(Cc3ccccc3)C(=O)C12. The van der Waals surface area contributed by atoms with Crippen LogP contribution in [0.3, 0.4) is 0 Å². The van der Waals surface area contributed by atoms with Gasteiger partial charge in [-0.1, -0.05) is 85.8 Å². The number of imide groups is 1. The van der Waals surface area contributed by atoms with Crippen molar-refractivity contribution in [3.8, 4) is 0 Å². The van der Waals surface area contributed by atoms with Gasteiger partial charge in [0.15, 0.2) is 0 Å². The van der Waals surface area contributed by atoms with Gasteiger partial charge >= 0.3 is 0 Å². The fourth-order valence-corrected chi connectivity index (χ4v) is 6.51. The van der Waals surface area contributed by atoms with Crippen molar-refractivity contribution in [2.75, 3.05) is 0 Å². The molecular formula is C27H23NO2. The lowest BCUT2D eigenvalue weighted by molar-refractivity contribution is -0.140. The Kier molecular flexibility index (Phi) is 3.62. The summed E-state index contributed by atoms with van der Waals surface area (Å²) in [7, 11) is 0. The van der Waals surface area contributed by atoms with Crippen LogP contribution < -0.4 is 0 Å². The van der Waals surface area contributed by atoms with Crippen LogP contribution in [0.25, 0.3) is 0 Å². The molecule has 1 heterocycles. The third kappa shape index (κ3) is 2.00. The smallest absolute Gasteiger partial charge is 0.234 e. The molecule has 0 radical (unpaired) electrons. The zero-order valence-corrected chi connectivity index (χ0v) is 16.9. The molecule has 0 spiro atoms. The van der Waals surface area contributed by atoms with Crippen molar-refractivity contribution >= 4 is 11.8 Å². The quantitative estimate of drug-likeness (QED) is 0.608. The fraction of sp³-hybridized carbons (Fsp3) is 0.259. The first-order valence-electron chi connectivity index (χ1n) is 10.8. The summed E-state index contributed by atoms with van der Waals surface area (Å²) in [6, 6.07) is 26.8. The molecule has 2 unspecified atom stereocenters. The molecule has 2 amide bonds. The Bertz CT molecular complexity index is 1130. The summed E-state index contributed by atoms with van der Waals surface area (Å²) in [6.45, 7) is 2.51. The number of likely N-dealkylation sites (tertiary alicyclic amines) is 1. The maximum absolute atomic E-state index is 13.8. The van der Waals surface area contributed by atoms with Gasteiger partial charge in [-0.25, -0.2) is 0 Å². The maximum Gasteiger partial charge on any atom is 0.234 e. The largest absolute Gasteiger partial charge is 0.278 e. The maximum atomic E-state index is 13.8. The number of hydrogen-bond acceptors (Lipinski definition) is 2. The van der Waals surface area contributed by atoms with E-state index in [-0.39, 0.29) is 29.6 Å². The fourth-order valence-electron chi connectivity index (χ4n) is 6.51. The molecule has 4 aliphatic rings. The highest BCUT2D eigenvalue weighted by molar-refractivity contribution is 6.08. The molecule has 1 aliphatic heterocycles. The van der Waals surface area contributed by atoms with Crippen LogP contribution in [0.4, 0.5) is 0 Å². The van der Waals surface area contributed by atoms with Crippen LogP contribution in [-0.4, -0.2) is 16.7 Å². The van der Waals surface area contributed by atoms with Crippen molar-refractivity contribution in [3.63, 3.8) is 0 Å². The highest BCUT2D eigenvalue weighted by Crippen LogP contribution is 2.65. The third-order valence-electron chi connectivity index (χ3n) is 7.63. The van der Waals surface area contributed by atoms with Crippen molar-refractivity contribution in [2.24, 2.45) is 11.8 Å². The van der Waals surface area contributed by atoms with Crippen molar-refractivity contribution in [2.45, 2.75) is 31.2 Å². The Morgan fingerprint density at radius 3 is 1.93 bits per heavy atom. The van der Waals surface area contributed by atoms with Gasteiger partial charge in [0.2, 0.25) is 11.8 Å². The average molecular weight is 393 g/mol. The van der Waals surface area contributed by atoms with E-state index in [4.69, 9.17) is 0 Å². The van der Waals surface area contributed by atoms with E-state index in [1.54, 1.807) is 0 Å². The first-order valence-corrected chi connectivity index (χ1v) is 10.8. The zero-order valence-electron chi connectivity index (χ0n) is 16.9. The summed E-state index contributed by atoms with van der Waals surface area (Å²) < 4.78 is 0. The Morgan fingerprint density at radius 2 is 1.33 bits per heavy atom. The number of benzene rings is 3. The second kappa shape index (κ2) is 6.15. The molecule has 1 saturated heterocycles. The van der Waals surface area contributed by atoms with Gasteiger partial charge in [-0.15, -0.1) is 0 Å². The zero-order chi connectivity index (χ0) is 20.5. The molecule has 7 rings (SSSR count). The van der Waals surface area contributed by atoms with Crippen molar-refractivity contribution in [3.05, 3.63) is 107 Å². The second-order valence-corrected chi connectivity index (χ2v) is 8.73. The highest BCUT2D eigenvalue weighted by Gasteiger charge is 2.67. The summed E-state index contributed by atoms with van der Waals surface area (Å²) in [4.78, 5) is 29.1. The lowest BCUT2D eigenvalue weighted by atomic mass is 9.46. The minimum Gasteiger partial charge on any atom is -0.278 e. The highest BCUT2D eigenvalue weighted by atomic mass is 16.2. The normalized spacial score (nSPS) is 28.3. The van der Waals surface area contributed by atoms with Gasteiger partial charge in [-0.2, -0.15) is 0 Å². The van der Waals surface area contributed by atoms with E-state index >= 15 is 0 Å². The van der Waals surface area contributed by atoms with Gasteiger partial charge in [-0.05, 0) is 34.2 Å². The van der Waals surface area contributed by atoms with E-state index in [0.29, 0.717) is 6.54 Å². The number of rotatable bonds is 3. The van der Waals surface area contributed by atoms with Crippen LogP contribution >= 0.6 is 0 Å². The van der Waals surface area contributed by atoms with E-state index in [0.717, 1.165) is 12.0 Å². The van der Waals surface area contributed by atoms with E-state index in [1.807, 2.05) is 30.3 Å². The molecular weight excluding hydrogens is 370 g/mol. The van der Waals surface area contributed by atoms with Crippen LogP contribution in [0.5, 0.6) is 0 Å². The number of amides is 2. The van der Waals surface area contributed by atoms with Crippen molar-refractivity contribution < 1.29 is 9.59 Å². The summed E-state index contributed by atoms with van der Waals surface area (Å²) in [5.74, 6) is -0.710. The third-order valence-corrected chi connectivity index (χ3v) is 7.63. The van der Waals surface area contributed by atoms with Crippen LogP contribution in [-0.2, 0) is 21.5 Å². The van der Waals surface area contributed by atoms with Crippen LogP contribution in [0.2, 0.25) is 0 Å². The lowest BCUT2D eigenvalue weighted by Crippen LogP contribution is -2.53. The Labute approximate surface area is 176 Å². The molecule has 0 N–H and O–H groups in total. The number of hydrogen-bond donors (Lipinski definition) is 0. The molecule has 3 aromatic rings. The van der Waals surface area contributed by atoms with Crippen LogP contribution in [0.15, 0.2) is 78.9 Å². The first kappa shape index (κ1) is 17.6. The first-order chi connectivity index (χ1) is 14.7. The molecule has 0 saturated carbocycles. The second-order valence-electron chi connectivity index (χ2n) is 8.73. The number of carbonyl (C=O) groups is 2. The molecule has 2 bridgehead atoms. The van der Waals surface area contributed by atoms with Crippen molar-refractivity contribution in [1.29, 1.82) is 0 Å².